The lowest BCUT2D eigenvalue weighted by molar-refractivity contribution is -0.142. The maximum Gasteiger partial charge on any atom is 0.306 e. The number of carbonyl (C=O) groups excluding carboxylic acids is 1. The second-order valence-corrected chi connectivity index (χ2v) is 14.1. The summed E-state index contributed by atoms with van der Waals surface area (Å²) in [6.07, 6.45) is 9.82. The minimum atomic E-state index is -0.971. The van der Waals surface area contributed by atoms with Crippen LogP contribution >= 0.6 is 0 Å². The van der Waals surface area contributed by atoms with Gasteiger partial charge in [-0.1, -0.05) is 43.3 Å². The second-order valence-electron chi connectivity index (χ2n) is 14.1. The molecule has 1 amide bonds. The molecule has 0 saturated heterocycles. The van der Waals surface area contributed by atoms with E-state index in [1.54, 1.807) is 18.2 Å². The van der Waals surface area contributed by atoms with Crippen LogP contribution in [0.3, 0.4) is 0 Å². The number of benzene rings is 3. The monoisotopic (exact) mass is 629 g/mol. The Morgan fingerprint density at radius 2 is 1.63 bits per heavy atom. The van der Waals surface area contributed by atoms with Crippen molar-refractivity contribution in [2.24, 2.45) is 23.7 Å². The molecule has 0 aliphatic heterocycles. The van der Waals surface area contributed by atoms with Gasteiger partial charge >= 0.3 is 5.97 Å². The molecule has 7 heteroatoms. The summed E-state index contributed by atoms with van der Waals surface area (Å²) >= 11 is 0. The van der Waals surface area contributed by atoms with Gasteiger partial charge in [-0.2, -0.15) is 0 Å². The minimum absolute atomic E-state index is 0.00687. The fourth-order valence-electron chi connectivity index (χ4n) is 8.83. The van der Waals surface area contributed by atoms with Gasteiger partial charge in [0.1, 0.15) is 17.4 Å². The fraction of sp³-hybridized carbons (Fsp3) is 0.487. The van der Waals surface area contributed by atoms with Crippen LogP contribution in [0.5, 0.6) is 5.75 Å². The first-order valence-corrected chi connectivity index (χ1v) is 17.0. The Morgan fingerprint density at radius 3 is 2.26 bits per heavy atom. The highest BCUT2D eigenvalue weighted by atomic mass is 19.1. The summed E-state index contributed by atoms with van der Waals surface area (Å²) in [4.78, 5) is 25.4. The molecular formula is C39H45F2NO4. The molecule has 0 heterocycles. The van der Waals surface area contributed by atoms with Crippen LogP contribution < -0.4 is 10.1 Å². The topological polar surface area (TPSA) is 75.6 Å². The molecule has 3 aromatic rings. The van der Waals surface area contributed by atoms with Crippen molar-refractivity contribution in [2.45, 2.75) is 89.5 Å². The Balaban J connectivity index is 1.14. The van der Waals surface area contributed by atoms with Crippen molar-refractivity contribution in [2.75, 3.05) is 6.61 Å². The molecule has 2 N–H and O–H groups in total. The van der Waals surface area contributed by atoms with Crippen LogP contribution in [0.15, 0.2) is 60.7 Å². The van der Waals surface area contributed by atoms with Gasteiger partial charge in [0.15, 0.2) is 0 Å². The van der Waals surface area contributed by atoms with E-state index in [0.717, 1.165) is 54.6 Å². The third kappa shape index (κ3) is 7.13. The number of rotatable bonds is 14. The van der Waals surface area contributed by atoms with E-state index in [2.05, 4.69) is 5.32 Å². The number of amides is 1. The van der Waals surface area contributed by atoms with E-state index < -0.39 is 29.4 Å². The zero-order valence-corrected chi connectivity index (χ0v) is 26.7. The first-order chi connectivity index (χ1) is 22.2. The van der Waals surface area contributed by atoms with Gasteiger partial charge in [-0.15, -0.1) is 0 Å². The Labute approximate surface area is 270 Å². The van der Waals surface area contributed by atoms with E-state index in [4.69, 9.17) is 4.74 Å². The van der Waals surface area contributed by atoms with Crippen LogP contribution in [-0.2, 0) is 29.6 Å². The van der Waals surface area contributed by atoms with Gasteiger partial charge in [-0.3, -0.25) is 9.59 Å². The van der Waals surface area contributed by atoms with Crippen LogP contribution in [0.2, 0.25) is 0 Å². The van der Waals surface area contributed by atoms with E-state index in [-0.39, 0.29) is 35.3 Å². The molecule has 5 nitrogen and oxygen atoms in total. The van der Waals surface area contributed by atoms with Gasteiger partial charge in [-0.25, -0.2) is 8.78 Å². The van der Waals surface area contributed by atoms with Gasteiger partial charge in [0.2, 0.25) is 0 Å². The van der Waals surface area contributed by atoms with Crippen LogP contribution in [-0.4, -0.2) is 23.6 Å². The molecule has 7 rings (SSSR count). The third-order valence-electron chi connectivity index (χ3n) is 10.7. The number of aryl methyl sites for hydroxylation is 1. The summed E-state index contributed by atoms with van der Waals surface area (Å²) in [6.45, 7) is 2.29. The Hall–Kier alpha value is -3.74. The zero-order valence-electron chi connectivity index (χ0n) is 26.7. The molecule has 1 unspecified atom stereocenters. The molecular weight excluding hydrogens is 584 g/mol. The lowest BCUT2D eigenvalue weighted by Gasteiger charge is -2.57. The van der Waals surface area contributed by atoms with E-state index >= 15 is 8.78 Å². The lowest BCUT2D eigenvalue weighted by Crippen LogP contribution is -2.48. The van der Waals surface area contributed by atoms with Crippen LogP contribution in [0.1, 0.15) is 97.3 Å². The fourth-order valence-corrected chi connectivity index (χ4v) is 8.83. The predicted octanol–water partition coefficient (Wildman–Crippen LogP) is 8.42. The molecule has 4 saturated carbocycles. The highest BCUT2D eigenvalue weighted by Gasteiger charge is 2.51. The normalized spacial score (nSPS) is 23.7. The predicted molar refractivity (Wildman–Crippen MR) is 174 cm³/mol. The molecule has 3 aromatic carbocycles. The number of aliphatic carboxylic acids is 1. The average Bonchev–Trinajstić information content (AvgIpc) is 3.03. The highest BCUT2D eigenvalue weighted by molar-refractivity contribution is 5.94. The van der Waals surface area contributed by atoms with E-state index in [1.807, 2.05) is 43.3 Å². The van der Waals surface area contributed by atoms with Gasteiger partial charge in [0, 0.05) is 18.2 Å². The molecule has 4 aliphatic carbocycles. The lowest BCUT2D eigenvalue weighted by atomic mass is 9.48. The molecule has 0 aromatic heterocycles. The number of ether oxygens (including phenoxy) is 1. The molecule has 0 radical (unpaired) electrons. The molecule has 4 bridgehead atoms. The molecule has 244 valence electrons. The summed E-state index contributed by atoms with van der Waals surface area (Å²) in [5.74, 6) is -0.838. The third-order valence-corrected chi connectivity index (χ3v) is 10.7. The van der Waals surface area contributed by atoms with Gasteiger partial charge in [-0.05, 0) is 129 Å². The SMILES string of the molecule is CCCOc1cc(F)c(CC(CCCc2ccccc2)C(=O)O)cc1CNC(=O)c1ccc(C23CC4CC(CC(C4)C2)C3)cc1F. The molecule has 0 spiro atoms. The number of carboxylic acids is 1. The quantitative estimate of drug-likeness (QED) is 0.188. The van der Waals surface area contributed by atoms with Crippen molar-refractivity contribution >= 4 is 11.9 Å². The first kappa shape index (κ1) is 32.2. The van der Waals surface area contributed by atoms with E-state index in [1.165, 1.54) is 25.3 Å². The van der Waals surface area contributed by atoms with Crippen LogP contribution in [0.25, 0.3) is 0 Å². The number of nitrogens with one attached hydrogen (secondary N) is 1. The van der Waals surface area contributed by atoms with E-state index in [9.17, 15) is 14.7 Å². The van der Waals surface area contributed by atoms with Gasteiger partial charge < -0.3 is 15.2 Å². The van der Waals surface area contributed by atoms with Crippen molar-refractivity contribution in [3.05, 3.63) is 100 Å². The second kappa shape index (κ2) is 13.9. The Morgan fingerprint density at radius 1 is 0.935 bits per heavy atom. The Kier molecular flexibility index (Phi) is 9.76. The highest BCUT2D eigenvalue weighted by Crippen LogP contribution is 2.60. The summed E-state index contributed by atoms with van der Waals surface area (Å²) < 4.78 is 36.6. The average molecular weight is 630 g/mol. The van der Waals surface area contributed by atoms with Crippen molar-refractivity contribution < 1.29 is 28.2 Å². The number of halogens is 2. The van der Waals surface area contributed by atoms with Crippen molar-refractivity contribution in [1.29, 1.82) is 0 Å². The first-order valence-electron chi connectivity index (χ1n) is 17.0. The summed E-state index contributed by atoms with van der Waals surface area (Å²) in [6, 6.07) is 17.9. The Bertz CT molecular complexity index is 1520. The number of hydrogen-bond acceptors (Lipinski definition) is 3. The molecule has 4 fully saturated rings. The van der Waals surface area contributed by atoms with Crippen molar-refractivity contribution in [3.63, 3.8) is 0 Å². The van der Waals surface area contributed by atoms with E-state index in [0.29, 0.717) is 31.4 Å². The standard InChI is InChI=1S/C39H45F2NO4/c1-2-13-46-36-20-34(40)30(17-29(38(44)45)10-6-9-25-7-4-3-5-8-25)18-31(36)24-42-37(43)33-12-11-32(19-35(33)41)39-21-26-14-27(22-39)16-28(15-26)23-39/h3-5,7-8,11-12,18-20,26-29H,2,6,9-10,13-17,21-24H2,1H3,(H,42,43)(H,44,45). The molecule has 46 heavy (non-hydrogen) atoms. The maximum absolute atomic E-state index is 15.5. The van der Waals surface area contributed by atoms with Gasteiger partial charge in [0.05, 0.1) is 18.1 Å². The number of carboxylic acid groups (broad SMARTS) is 1. The van der Waals surface area contributed by atoms with Gasteiger partial charge in [0.25, 0.3) is 5.91 Å². The summed E-state index contributed by atoms with van der Waals surface area (Å²) in [5.41, 5.74) is 2.96. The molecule has 1 atom stereocenters. The zero-order chi connectivity index (χ0) is 32.3. The van der Waals surface area contributed by atoms with Crippen molar-refractivity contribution in [3.8, 4) is 5.75 Å². The van der Waals surface area contributed by atoms with Crippen molar-refractivity contribution in [1.82, 2.24) is 5.32 Å². The summed E-state index contributed by atoms with van der Waals surface area (Å²) in [5, 5.41) is 12.7. The van der Waals surface area contributed by atoms with Crippen LogP contribution in [0, 0.1) is 35.3 Å². The smallest absolute Gasteiger partial charge is 0.306 e. The summed E-state index contributed by atoms with van der Waals surface area (Å²) in [7, 11) is 0. The number of carbonyl (C=O) groups is 2. The van der Waals surface area contributed by atoms with Crippen LogP contribution in [0.4, 0.5) is 8.78 Å². The maximum atomic E-state index is 15.5. The number of hydrogen-bond donors (Lipinski definition) is 2. The molecule has 4 aliphatic rings. The minimum Gasteiger partial charge on any atom is -0.493 e. The largest absolute Gasteiger partial charge is 0.493 e.